The average Bonchev–Trinajstić information content (AvgIpc) is 2.13. The SMILES string of the molecule is NCCC(c1ccc(F)cc1F)C(F)(F)F. The second-order valence-electron chi connectivity index (χ2n) is 3.34. The van der Waals surface area contributed by atoms with Gasteiger partial charge in [-0.1, -0.05) is 6.07 Å². The van der Waals surface area contributed by atoms with E-state index in [1.54, 1.807) is 0 Å². The molecule has 0 saturated heterocycles. The lowest BCUT2D eigenvalue weighted by molar-refractivity contribution is -0.152. The average molecular weight is 239 g/mol. The van der Waals surface area contributed by atoms with Crippen LogP contribution in [0.3, 0.4) is 0 Å². The minimum Gasteiger partial charge on any atom is -0.330 e. The van der Waals surface area contributed by atoms with E-state index in [1.165, 1.54) is 0 Å². The Labute approximate surface area is 89.1 Å². The quantitative estimate of drug-likeness (QED) is 0.806. The summed E-state index contributed by atoms with van der Waals surface area (Å²) in [6, 6.07) is 2.04. The molecule has 0 spiro atoms. The van der Waals surface area contributed by atoms with Crippen molar-refractivity contribution in [3.63, 3.8) is 0 Å². The third-order valence-corrected chi connectivity index (χ3v) is 2.19. The highest BCUT2D eigenvalue weighted by atomic mass is 19.4. The second kappa shape index (κ2) is 4.78. The highest BCUT2D eigenvalue weighted by molar-refractivity contribution is 5.24. The van der Waals surface area contributed by atoms with Gasteiger partial charge in [0.2, 0.25) is 0 Å². The van der Waals surface area contributed by atoms with Crippen LogP contribution in [0.2, 0.25) is 0 Å². The molecular weight excluding hydrogens is 229 g/mol. The molecule has 0 saturated carbocycles. The molecule has 1 unspecified atom stereocenters. The zero-order valence-electron chi connectivity index (χ0n) is 8.19. The molecule has 0 aliphatic heterocycles. The van der Waals surface area contributed by atoms with Crippen LogP contribution >= 0.6 is 0 Å². The summed E-state index contributed by atoms with van der Waals surface area (Å²) in [5.41, 5.74) is 4.48. The fraction of sp³-hybridized carbons (Fsp3) is 0.400. The normalized spacial score (nSPS) is 13.9. The third-order valence-electron chi connectivity index (χ3n) is 2.19. The number of halogens is 5. The van der Waals surface area contributed by atoms with Crippen molar-refractivity contribution in [3.8, 4) is 0 Å². The Balaban J connectivity index is 3.11. The first-order valence-corrected chi connectivity index (χ1v) is 4.58. The minimum absolute atomic E-state index is 0.221. The van der Waals surface area contributed by atoms with Crippen LogP contribution in [0.4, 0.5) is 22.0 Å². The van der Waals surface area contributed by atoms with Gasteiger partial charge in [-0.2, -0.15) is 13.2 Å². The Hall–Kier alpha value is -1.17. The standard InChI is InChI=1S/C10H10F5N/c11-6-1-2-7(9(12)5-6)8(3-4-16)10(13,14)15/h1-2,5,8H,3-4,16H2. The maximum Gasteiger partial charge on any atom is 0.395 e. The molecule has 1 atom stereocenters. The van der Waals surface area contributed by atoms with Gasteiger partial charge in [0.1, 0.15) is 11.6 Å². The van der Waals surface area contributed by atoms with Crippen LogP contribution in [0, 0.1) is 11.6 Å². The van der Waals surface area contributed by atoms with Crippen molar-refractivity contribution in [2.75, 3.05) is 6.54 Å². The lowest BCUT2D eigenvalue weighted by Gasteiger charge is -2.20. The van der Waals surface area contributed by atoms with Gasteiger partial charge in [0, 0.05) is 11.6 Å². The van der Waals surface area contributed by atoms with Gasteiger partial charge < -0.3 is 5.73 Å². The first-order chi connectivity index (χ1) is 7.36. The van der Waals surface area contributed by atoms with E-state index in [0.717, 1.165) is 12.1 Å². The van der Waals surface area contributed by atoms with Crippen LogP contribution in [0.1, 0.15) is 17.9 Å². The number of hydrogen-bond acceptors (Lipinski definition) is 1. The predicted molar refractivity (Wildman–Crippen MR) is 48.8 cm³/mol. The zero-order chi connectivity index (χ0) is 12.3. The Morgan fingerprint density at radius 3 is 2.25 bits per heavy atom. The summed E-state index contributed by atoms with van der Waals surface area (Å²) in [5.74, 6) is -4.09. The van der Waals surface area contributed by atoms with Gasteiger partial charge in [-0.15, -0.1) is 0 Å². The first kappa shape index (κ1) is 12.9. The second-order valence-corrected chi connectivity index (χ2v) is 3.34. The third kappa shape index (κ3) is 2.91. The number of rotatable bonds is 3. The van der Waals surface area contributed by atoms with Crippen LogP contribution < -0.4 is 5.73 Å². The lowest BCUT2D eigenvalue weighted by atomic mass is 9.94. The van der Waals surface area contributed by atoms with Crippen LogP contribution in [0.5, 0.6) is 0 Å². The van der Waals surface area contributed by atoms with Gasteiger partial charge >= 0.3 is 6.18 Å². The molecule has 0 heterocycles. The summed E-state index contributed by atoms with van der Waals surface area (Å²) >= 11 is 0. The van der Waals surface area contributed by atoms with E-state index in [4.69, 9.17) is 5.73 Å². The van der Waals surface area contributed by atoms with Gasteiger partial charge in [0.15, 0.2) is 0 Å². The van der Waals surface area contributed by atoms with Gasteiger partial charge in [-0.25, -0.2) is 8.78 Å². The van der Waals surface area contributed by atoms with Crippen molar-refractivity contribution in [2.24, 2.45) is 5.73 Å². The Morgan fingerprint density at radius 1 is 1.19 bits per heavy atom. The summed E-state index contributed by atoms with van der Waals surface area (Å²) in [4.78, 5) is 0. The molecule has 0 bridgehead atoms. The van der Waals surface area contributed by atoms with Gasteiger partial charge in [0.25, 0.3) is 0 Å². The fourth-order valence-electron chi connectivity index (χ4n) is 1.45. The van der Waals surface area contributed by atoms with E-state index in [9.17, 15) is 22.0 Å². The minimum atomic E-state index is -4.59. The highest BCUT2D eigenvalue weighted by Gasteiger charge is 2.41. The van der Waals surface area contributed by atoms with Gasteiger partial charge in [-0.05, 0) is 19.0 Å². The summed E-state index contributed by atoms with van der Waals surface area (Å²) < 4.78 is 63.4. The van der Waals surface area contributed by atoms with Crippen molar-refractivity contribution < 1.29 is 22.0 Å². The molecule has 0 aromatic heterocycles. The molecule has 90 valence electrons. The molecule has 0 amide bonds. The first-order valence-electron chi connectivity index (χ1n) is 4.58. The molecule has 2 N–H and O–H groups in total. The fourth-order valence-corrected chi connectivity index (χ4v) is 1.45. The Bertz CT molecular complexity index is 361. The highest BCUT2D eigenvalue weighted by Crippen LogP contribution is 2.38. The molecule has 0 aliphatic rings. The molecule has 1 aromatic carbocycles. The van der Waals surface area contributed by atoms with Crippen molar-refractivity contribution in [2.45, 2.75) is 18.5 Å². The Morgan fingerprint density at radius 2 is 1.81 bits per heavy atom. The van der Waals surface area contributed by atoms with Crippen LogP contribution in [0.25, 0.3) is 0 Å². The van der Waals surface area contributed by atoms with Gasteiger partial charge in [-0.3, -0.25) is 0 Å². The molecular formula is C10H10F5N. The van der Waals surface area contributed by atoms with Crippen LogP contribution in [-0.2, 0) is 0 Å². The Kier molecular flexibility index (Phi) is 3.85. The molecule has 1 aromatic rings. The maximum atomic E-state index is 13.2. The molecule has 0 radical (unpaired) electrons. The topological polar surface area (TPSA) is 26.0 Å². The van der Waals surface area contributed by atoms with E-state index in [2.05, 4.69) is 0 Å². The van der Waals surface area contributed by atoms with Gasteiger partial charge in [0.05, 0.1) is 5.92 Å². The lowest BCUT2D eigenvalue weighted by Crippen LogP contribution is -2.24. The summed E-state index contributed by atoms with van der Waals surface area (Å²) in [7, 11) is 0. The van der Waals surface area contributed by atoms with Crippen molar-refractivity contribution in [1.29, 1.82) is 0 Å². The summed E-state index contributed by atoms with van der Waals surface area (Å²) in [5, 5.41) is 0. The van der Waals surface area contributed by atoms with Crippen LogP contribution in [-0.4, -0.2) is 12.7 Å². The largest absolute Gasteiger partial charge is 0.395 e. The van der Waals surface area contributed by atoms with E-state index >= 15 is 0 Å². The number of hydrogen-bond donors (Lipinski definition) is 1. The number of nitrogens with two attached hydrogens (primary N) is 1. The van der Waals surface area contributed by atoms with Crippen molar-refractivity contribution in [1.82, 2.24) is 0 Å². The molecule has 1 rings (SSSR count). The smallest absolute Gasteiger partial charge is 0.330 e. The van der Waals surface area contributed by atoms with E-state index in [1.807, 2.05) is 0 Å². The number of benzene rings is 1. The van der Waals surface area contributed by atoms with E-state index in [-0.39, 0.29) is 6.54 Å². The summed E-state index contributed by atoms with van der Waals surface area (Å²) in [6.45, 7) is -0.221. The monoisotopic (exact) mass is 239 g/mol. The van der Waals surface area contributed by atoms with E-state index in [0.29, 0.717) is 6.07 Å². The van der Waals surface area contributed by atoms with E-state index < -0.39 is 35.7 Å². The zero-order valence-corrected chi connectivity index (χ0v) is 8.19. The predicted octanol–water partition coefficient (Wildman–Crippen LogP) is 2.96. The van der Waals surface area contributed by atoms with Crippen molar-refractivity contribution in [3.05, 3.63) is 35.4 Å². The summed E-state index contributed by atoms with van der Waals surface area (Å²) in [6.07, 6.45) is -5.01. The maximum absolute atomic E-state index is 13.2. The van der Waals surface area contributed by atoms with Crippen molar-refractivity contribution >= 4 is 0 Å². The molecule has 1 nitrogen and oxygen atoms in total. The molecule has 0 fully saturated rings. The number of alkyl halides is 3. The molecule has 16 heavy (non-hydrogen) atoms. The molecule has 0 aliphatic carbocycles. The molecule has 6 heteroatoms. The van der Waals surface area contributed by atoms with Crippen LogP contribution in [0.15, 0.2) is 18.2 Å².